The van der Waals surface area contributed by atoms with E-state index in [1.807, 2.05) is 30.3 Å². The number of aromatic nitrogens is 1. The number of aromatic amines is 1. The molecule has 0 amide bonds. The Labute approximate surface area is 151 Å². The lowest BCUT2D eigenvalue weighted by Gasteiger charge is -2.30. The van der Waals surface area contributed by atoms with Gasteiger partial charge in [0.05, 0.1) is 12.6 Å². The van der Waals surface area contributed by atoms with E-state index in [-0.39, 0.29) is 5.43 Å². The molecule has 1 aliphatic heterocycles. The average molecular weight is 352 g/mol. The molecule has 1 aromatic heterocycles. The number of anilines is 1. The van der Waals surface area contributed by atoms with E-state index in [2.05, 4.69) is 9.88 Å². The third-order valence-electron chi connectivity index (χ3n) is 5.00. The van der Waals surface area contributed by atoms with Crippen molar-refractivity contribution in [1.29, 1.82) is 0 Å². The molecule has 0 unspecified atom stereocenters. The van der Waals surface area contributed by atoms with Crippen molar-refractivity contribution < 1.29 is 9.13 Å². The van der Waals surface area contributed by atoms with Crippen molar-refractivity contribution in [3.05, 3.63) is 58.8 Å². The summed E-state index contributed by atoms with van der Waals surface area (Å²) in [6.07, 6.45) is 0.494. The highest BCUT2D eigenvalue weighted by Crippen LogP contribution is 2.26. The number of nitrogens with one attached hydrogen (secondary N) is 1. The van der Waals surface area contributed by atoms with Crippen molar-refractivity contribution in [2.24, 2.45) is 0 Å². The Morgan fingerprint density at radius 3 is 2.50 bits per heavy atom. The third kappa shape index (κ3) is 3.17. The molecule has 2 aromatic carbocycles. The molecule has 26 heavy (non-hydrogen) atoms. The lowest BCUT2D eigenvalue weighted by atomic mass is 10.1. The summed E-state index contributed by atoms with van der Waals surface area (Å²) in [5.74, 6) is 0.705. The van der Waals surface area contributed by atoms with Crippen LogP contribution in [0.3, 0.4) is 0 Å². The maximum atomic E-state index is 13.3. The number of ether oxygens (including phenoxy) is 1. The highest BCUT2D eigenvalue weighted by molar-refractivity contribution is 5.82. The Balaban J connectivity index is 1.65. The second-order valence-electron chi connectivity index (χ2n) is 6.67. The van der Waals surface area contributed by atoms with E-state index in [4.69, 9.17) is 4.74 Å². The molecule has 2 heterocycles. The lowest BCUT2D eigenvalue weighted by molar-refractivity contribution is 0.277. The van der Waals surface area contributed by atoms with E-state index in [1.165, 1.54) is 0 Å². The van der Waals surface area contributed by atoms with Crippen LogP contribution >= 0.6 is 0 Å². The molecular formula is C21H21FN2O2. The number of hydrogen-bond donors (Lipinski definition) is 1. The second-order valence-corrected chi connectivity index (χ2v) is 6.67. The van der Waals surface area contributed by atoms with E-state index < -0.39 is 6.17 Å². The summed E-state index contributed by atoms with van der Waals surface area (Å²) in [5.41, 5.74) is 3.53. The summed E-state index contributed by atoms with van der Waals surface area (Å²) >= 11 is 0. The number of pyridine rings is 1. The minimum absolute atomic E-state index is 0.0227. The zero-order valence-corrected chi connectivity index (χ0v) is 14.7. The van der Waals surface area contributed by atoms with Gasteiger partial charge in [0.2, 0.25) is 0 Å². The minimum atomic E-state index is -0.676. The molecule has 0 saturated carbocycles. The number of piperidine rings is 1. The molecule has 0 atom stereocenters. The Bertz CT molecular complexity index is 973. The Hall–Kier alpha value is -2.82. The standard InChI is InChI=1S/C21H21FN2O2/c1-26-17-6-7-18-20(12-17)23-19(13-21(18)25)14-2-4-16(5-3-14)24-10-8-15(22)9-11-24/h2-7,12-13,15H,8-11H2,1H3,(H,23,25). The summed E-state index contributed by atoms with van der Waals surface area (Å²) in [7, 11) is 1.60. The lowest BCUT2D eigenvalue weighted by Crippen LogP contribution is -2.34. The van der Waals surface area contributed by atoms with Crippen molar-refractivity contribution in [2.45, 2.75) is 19.0 Å². The molecule has 134 valence electrons. The number of alkyl halides is 1. The van der Waals surface area contributed by atoms with Gasteiger partial charge in [-0.2, -0.15) is 0 Å². The predicted molar refractivity (Wildman–Crippen MR) is 103 cm³/mol. The summed E-state index contributed by atoms with van der Waals surface area (Å²) in [6.45, 7) is 1.49. The first kappa shape index (κ1) is 16.6. The van der Waals surface area contributed by atoms with Crippen LogP contribution in [0.2, 0.25) is 0 Å². The quantitative estimate of drug-likeness (QED) is 0.770. The minimum Gasteiger partial charge on any atom is -0.497 e. The van der Waals surface area contributed by atoms with E-state index in [9.17, 15) is 9.18 Å². The van der Waals surface area contributed by atoms with E-state index in [1.54, 1.807) is 25.3 Å². The molecule has 0 bridgehead atoms. The normalized spacial score (nSPS) is 15.4. The fourth-order valence-corrected chi connectivity index (χ4v) is 3.47. The van der Waals surface area contributed by atoms with E-state index in [0.717, 1.165) is 35.6 Å². The van der Waals surface area contributed by atoms with Crippen LogP contribution < -0.4 is 15.1 Å². The molecule has 3 aromatic rings. The van der Waals surface area contributed by atoms with Gasteiger partial charge in [0.25, 0.3) is 0 Å². The molecule has 0 spiro atoms. The van der Waals surface area contributed by atoms with Gasteiger partial charge in [-0.25, -0.2) is 4.39 Å². The summed E-state index contributed by atoms with van der Waals surface area (Å²) < 4.78 is 18.6. The van der Waals surface area contributed by atoms with Crippen molar-refractivity contribution in [3.63, 3.8) is 0 Å². The first-order valence-electron chi connectivity index (χ1n) is 8.84. The van der Waals surface area contributed by atoms with Crippen LogP contribution in [0.4, 0.5) is 10.1 Å². The first-order chi connectivity index (χ1) is 12.6. The van der Waals surface area contributed by atoms with Crippen LogP contribution in [0.5, 0.6) is 5.75 Å². The molecule has 1 saturated heterocycles. The molecule has 1 aliphatic rings. The van der Waals surface area contributed by atoms with Gasteiger partial charge in [-0.05, 0) is 42.7 Å². The van der Waals surface area contributed by atoms with Gasteiger partial charge >= 0.3 is 0 Å². The fraction of sp³-hybridized carbons (Fsp3) is 0.286. The number of halogens is 1. The molecule has 0 aliphatic carbocycles. The number of benzene rings is 2. The number of methoxy groups -OCH3 is 1. The van der Waals surface area contributed by atoms with Gasteiger partial charge in [-0.1, -0.05) is 12.1 Å². The van der Waals surface area contributed by atoms with E-state index >= 15 is 0 Å². The maximum absolute atomic E-state index is 13.3. The van der Waals surface area contributed by atoms with Crippen molar-refractivity contribution in [1.82, 2.24) is 4.98 Å². The number of fused-ring (bicyclic) bond motifs is 1. The Morgan fingerprint density at radius 1 is 1.08 bits per heavy atom. The molecule has 4 nitrogen and oxygen atoms in total. The summed E-state index contributed by atoms with van der Waals surface area (Å²) in [4.78, 5) is 17.9. The first-order valence-corrected chi connectivity index (χ1v) is 8.84. The van der Waals surface area contributed by atoms with Crippen LogP contribution in [0.15, 0.2) is 53.3 Å². The molecule has 5 heteroatoms. The van der Waals surface area contributed by atoms with Crippen LogP contribution in [0.1, 0.15) is 12.8 Å². The van der Waals surface area contributed by atoms with Crippen molar-refractivity contribution >= 4 is 16.6 Å². The van der Waals surface area contributed by atoms with Crippen molar-refractivity contribution in [2.75, 3.05) is 25.1 Å². The monoisotopic (exact) mass is 352 g/mol. The van der Waals surface area contributed by atoms with Gasteiger partial charge in [-0.3, -0.25) is 4.79 Å². The van der Waals surface area contributed by atoms with Crippen LogP contribution in [-0.4, -0.2) is 31.4 Å². The zero-order chi connectivity index (χ0) is 18.1. The van der Waals surface area contributed by atoms with Crippen LogP contribution in [0.25, 0.3) is 22.2 Å². The third-order valence-corrected chi connectivity index (χ3v) is 5.00. The SMILES string of the molecule is COc1ccc2c(=O)cc(-c3ccc(N4CCC(F)CC4)cc3)[nH]c2c1. The maximum Gasteiger partial charge on any atom is 0.190 e. The smallest absolute Gasteiger partial charge is 0.190 e. The van der Waals surface area contributed by atoms with Gasteiger partial charge in [-0.15, -0.1) is 0 Å². The largest absolute Gasteiger partial charge is 0.497 e. The number of hydrogen-bond acceptors (Lipinski definition) is 3. The second kappa shape index (κ2) is 6.83. The van der Waals surface area contributed by atoms with E-state index in [0.29, 0.717) is 24.0 Å². The fourth-order valence-electron chi connectivity index (χ4n) is 3.47. The zero-order valence-electron chi connectivity index (χ0n) is 14.7. The average Bonchev–Trinajstić information content (AvgIpc) is 2.68. The number of rotatable bonds is 3. The highest BCUT2D eigenvalue weighted by Gasteiger charge is 2.18. The number of H-pyrrole nitrogens is 1. The van der Waals surface area contributed by atoms with Gasteiger partial charge in [0.15, 0.2) is 5.43 Å². The van der Waals surface area contributed by atoms with Gasteiger partial charge in [0, 0.05) is 42.0 Å². The van der Waals surface area contributed by atoms with Gasteiger partial charge < -0.3 is 14.6 Å². The molecule has 1 N–H and O–H groups in total. The highest BCUT2D eigenvalue weighted by atomic mass is 19.1. The summed E-state index contributed by atoms with van der Waals surface area (Å²) in [5, 5.41) is 0.639. The van der Waals surface area contributed by atoms with Crippen molar-refractivity contribution in [3.8, 4) is 17.0 Å². The molecular weight excluding hydrogens is 331 g/mol. The predicted octanol–water partition coefficient (Wildman–Crippen LogP) is 4.14. The van der Waals surface area contributed by atoms with Crippen LogP contribution in [-0.2, 0) is 0 Å². The number of nitrogens with zero attached hydrogens (tertiary/aromatic N) is 1. The topological polar surface area (TPSA) is 45.3 Å². The summed E-state index contributed by atoms with van der Waals surface area (Å²) in [6, 6.07) is 15.1. The van der Waals surface area contributed by atoms with Gasteiger partial charge in [0.1, 0.15) is 11.9 Å². The molecule has 0 radical (unpaired) electrons. The Kier molecular flexibility index (Phi) is 4.37. The molecule has 4 rings (SSSR count). The Morgan fingerprint density at radius 2 is 1.81 bits per heavy atom. The molecule has 1 fully saturated rings. The van der Waals surface area contributed by atoms with Crippen LogP contribution in [0, 0.1) is 0 Å².